The Hall–Kier alpha value is -1.80. The largest absolute Gasteiger partial charge is 0.382 e. The van der Waals surface area contributed by atoms with Gasteiger partial charge in [0.15, 0.2) is 0 Å². The number of hydrogen-bond acceptors (Lipinski definition) is 2. The highest BCUT2D eigenvalue weighted by Gasteiger charge is 2.18. The minimum Gasteiger partial charge on any atom is -0.382 e. The molecule has 1 aliphatic rings. The average Bonchev–Trinajstić information content (AvgIpc) is 2.49. The lowest BCUT2D eigenvalue weighted by molar-refractivity contribution is 0.185. The molecule has 0 heterocycles. The summed E-state index contributed by atoms with van der Waals surface area (Å²) in [5.74, 6) is 0. The van der Waals surface area contributed by atoms with Crippen molar-refractivity contribution in [2.75, 3.05) is 12.4 Å². The SMILES string of the molecule is COCc1ccccc1NC1CCc2ccccc2C1. The Morgan fingerprint density at radius 2 is 1.80 bits per heavy atom. The lowest BCUT2D eigenvalue weighted by Crippen LogP contribution is -2.27. The molecule has 0 spiro atoms. The molecule has 1 N–H and O–H groups in total. The lowest BCUT2D eigenvalue weighted by Gasteiger charge is -2.27. The van der Waals surface area contributed by atoms with Crippen molar-refractivity contribution in [3.05, 3.63) is 65.2 Å². The van der Waals surface area contributed by atoms with Gasteiger partial charge in [0.05, 0.1) is 6.61 Å². The minimum atomic E-state index is 0.517. The molecule has 0 saturated heterocycles. The Morgan fingerprint density at radius 3 is 2.65 bits per heavy atom. The van der Waals surface area contributed by atoms with Crippen molar-refractivity contribution in [2.45, 2.75) is 31.9 Å². The van der Waals surface area contributed by atoms with Gasteiger partial charge in [0, 0.05) is 24.4 Å². The summed E-state index contributed by atoms with van der Waals surface area (Å²) in [6.07, 6.45) is 3.47. The summed E-state index contributed by atoms with van der Waals surface area (Å²) in [5, 5.41) is 3.70. The van der Waals surface area contributed by atoms with E-state index in [2.05, 4.69) is 53.8 Å². The Morgan fingerprint density at radius 1 is 1.05 bits per heavy atom. The molecular weight excluding hydrogens is 246 g/mol. The van der Waals surface area contributed by atoms with E-state index >= 15 is 0 Å². The van der Waals surface area contributed by atoms with Crippen molar-refractivity contribution in [1.82, 2.24) is 0 Å². The van der Waals surface area contributed by atoms with Crippen molar-refractivity contribution in [1.29, 1.82) is 0 Å². The van der Waals surface area contributed by atoms with E-state index in [1.54, 1.807) is 7.11 Å². The summed E-state index contributed by atoms with van der Waals surface area (Å²) in [4.78, 5) is 0. The lowest BCUT2D eigenvalue weighted by atomic mass is 9.88. The van der Waals surface area contributed by atoms with Gasteiger partial charge in [-0.1, -0.05) is 42.5 Å². The van der Waals surface area contributed by atoms with Crippen molar-refractivity contribution in [3.63, 3.8) is 0 Å². The number of rotatable bonds is 4. The maximum atomic E-state index is 5.27. The van der Waals surface area contributed by atoms with E-state index in [0.717, 1.165) is 6.42 Å². The number of nitrogens with one attached hydrogen (secondary N) is 1. The molecule has 1 unspecified atom stereocenters. The van der Waals surface area contributed by atoms with Crippen LogP contribution in [-0.4, -0.2) is 13.2 Å². The number of methoxy groups -OCH3 is 1. The molecule has 0 saturated carbocycles. The highest BCUT2D eigenvalue weighted by Crippen LogP contribution is 2.25. The first-order chi connectivity index (χ1) is 9.86. The van der Waals surface area contributed by atoms with Crippen LogP contribution in [0.25, 0.3) is 0 Å². The topological polar surface area (TPSA) is 21.3 Å². The number of anilines is 1. The molecule has 0 fully saturated rings. The third-order valence-corrected chi connectivity index (χ3v) is 4.02. The molecule has 1 aliphatic carbocycles. The fraction of sp³-hybridized carbons (Fsp3) is 0.333. The highest BCUT2D eigenvalue weighted by atomic mass is 16.5. The van der Waals surface area contributed by atoms with Crippen LogP contribution in [-0.2, 0) is 24.2 Å². The summed E-state index contributed by atoms with van der Waals surface area (Å²) in [7, 11) is 1.74. The van der Waals surface area contributed by atoms with Gasteiger partial charge in [0.25, 0.3) is 0 Å². The van der Waals surface area contributed by atoms with Gasteiger partial charge in [-0.2, -0.15) is 0 Å². The van der Waals surface area contributed by atoms with E-state index < -0.39 is 0 Å². The molecule has 3 rings (SSSR count). The Balaban J connectivity index is 1.74. The standard InChI is InChI=1S/C18H21NO/c1-20-13-16-8-4-5-9-18(16)19-17-11-10-14-6-2-3-7-15(14)12-17/h2-9,17,19H,10-13H2,1H3. The monoisotopic (exact) mass is 267 g/mol. The summed E-state index contributed by atoms with van der Waals surface area (Å²) in [6, 6.07) is 17.7. The zero-order chi connectivity index (χ0) is 13.8. The zero-order valence-corrected chi connectivity index (χ0v) is 11.9. The first-order valence-corrected chi connectivity index (χ1v) is 7.27. The predicted octanol–water partition coefficient (Wildman–Crippen LogP) is 3.80. The summed E-state index contributed by atoms with van der Waals surface area (Å²) < 4.78 is 5.27. The summed E-state index contributed by atoms with van der Waals surface area (Å²) in [5.41, 5.74) is 5.43. The fourth-order valence-electron chi connectivity index (χ4n) is 2.98. The van der Waals surface area contributed by atoms with Crippen LogP contribution >= 0.6 is 0 Å². The molecule has 1 atom stereocenters. The van der Waals surface area contributed by atoms with Crippen molar-refractivity contribution in [2.24, 2.45) is 0 Å². The predicted molar refractivity (Wildman–Crippen MR) is 83.0 cm³/mol. The van der Waals surface area contributed by atoms with Crippen LogP contribution in [0.2, 0.25) is 0 Å². The number of benzene rings is 2. The van der Waals surface area contributed by atoms with E-state index in [0.29, 0.717) is 12.6 Å². The van der Waals surface area contributed by atoms with Crippen LogP contribution in [0, 0.1) is 0 Å². The Bertz CT molecular complexity index is 579. The van der Waals surface area contributed by atoms with Gasteiger partial charge in [-0.15, -0.1) is 0 Å². The normalized spacial score (nSPS) is 17.6. The van der Waals surface area contributed by atoms with Crippen molar-refractivity contribution >= 4 is 5.69 Å². The van der Waals surface area contributed by atoms with Gasteiger partial charge in [0.2, 0.25) is 0 Å². The second-order valence-corrected chi connectivity index (χ2v) is 5.44. The first kappa shape index (κ1) is 13.2. The molecular formula is C18H21NO. The van der Waals surface area contributed by atoms with Crippen LogP contribution in [0.4, 0.5) is 5.69 Å². The molecule has 0 bridgehead atoms. The Kier molecular flexibility index (Phi) is 4.03. The second kappa shape index (κ2) is 6.10. The second-order valence-electron chi connectivity index (χ2n) is 5.44. The molecule has 104 valence electrons. The smallest absolute Gasteiger partial charge is 0.0733 e. The van der Waals surface area contributed by atoms with Gasteiger partial charge in [-0.25, -0.2) is 0 Å². The molecule has 2 nitrogen and oxygen atoms in total. The molecule has 0 radical (unpaired) electrons. The van der Waals surface area contributed by atoms with Gasteiger partial charge >= 0.3 is 0 Å². The van der Waals surface area contributed by atoms with Gasteiger partial charge in [-0.3, -0.25) is 0 Å². The quantitative estimate of drug-likeness (QED) is 0.909. The molecule has 20 heavy (non-hydrogen) atoms. The first-order valence-electron chi connectivity index (χ1n) is 7.27. The number of aryl methyl sites for hydroxylation is 1. The minimum absolute atomic E-state index is 0.517. The highest BCUT2D eigenvalue weighted by molar-refractivity contribution is 5.52. The van der Waals surface area contributed by atoms with E-state index in [-0.39, 0.29) is 0 Å². The van der Waals surface area contributed by atoms with Crippen LogP contribution in [0.1, 0.15) is 23.1 Å². The van der Waals surface area contributed by atoms with Gasteiger partial charge in [-0.05, 0) is 36.5 Å². The third-order valence-electron chi connectivity index (χ3n) is 4.02. The van der Waals surface area contributed by atoms with Gasteiger partial charge < -0.3 is 10.1 Å². The maximum absolute atomic E-state index is 5.27. The third kappa shape index (κ3) is 2.86. The fourth-order valence-corrected chi connectivity index (χ4v) is 2.98. The van der Waals surface area contributed by atoms with Crippen LogP contribution < -0.4 is 5.32 Å². The molecule has 2 aromatic carbocycles. The number of fused-ring (bicyclic) bond motifs is 1. The number of para-hydroxylation sites is 1. The van der Waals surface area contributed by atoms with E-state index in [1.165, 1.54) is 35.2 Å². The molecule has 0 aromatic heterocycles. The average molecular weight is 267 g/mol. The van der Waals surface area contributed by atoms with Gasteiger partial charge in [0.1, 0.15) is 0 Å². The van der Waals surface area contributed by atoms with E-state index in [9.17, 15) is 0 Å². The molecule has 2 aromatic rings. The van der Waals surface area contributed by atoms with Crippen molar-refractivity contribution in [3.8, 4) is 0 Å². The van der Waals surface area contributed by atoms with Crippen LogP contribution in [0.3, 0.4) is 0 Å². The van der Waals surface area contributed by atoms with E-state index in [1.807, 2.05) is 0 Å². The zero-order valence-electron chi connectivity index (χ0n) is 11.9. The maximum Gasteiger partial charge on any atom is 0.0733 e. The molecule has 2 heteroatoms. The van der Waals surface area contributed by atoms with Crippen LogP contribution in [0.5, 0.6) is 0 Å². The summed E-state index contributed by atoms with van der Waals surface area (Å²) >= 11 is 0. The molecule has 0 amide bonds. The van der Waals surface area contributed by atoms with Crippen molar-refractivity contribution < 1.29 is 4.74 Å². The van der Waals surface area contributed by atoms with E-state index in [4.69, 9.17) is 4.74 Å². The Labute approximate surface area is 120 Å². The van der Waals surface area contributed by atoms with Crippen LogP contribution in [0.15, 0.2) is 48.5 Å². The summed E-state index contributed by atoms with van der Waals surface area (Å²) in [6.45, 7) is 0.659. The molecule has 0 aliphatic heterocycles. The number of hydrogen-bond donors (Lipinski definition) is 1. The number of ether oxygens (including phenoxy) is 1.